The highest BCUT2D eigenvalue weighted by Crippen LogP contribution is 2.23. The van der Waals surface area contributed by atoms with E-state index >= 15 is 0 Å². The Bertz CT molecular complexity index is 767. The Kier molecular flexibility index (Phi) is 4.60. The number of hydrogen-bond acceptors (Lipinski definition) is 5. The van der Waals surface area contributed by atoms with Crippen molar-refractivity contribution < 1.29 is 14.0 Å². The van der Waals surface area contributed by atoms with Crippen LogP contribution in [-0.4, -0.2) is 47.4 Å². The third-order valence-electron chi connectivity index (χ3n) is 4.99. The number of anilines is 2. The summed E-state index contributed by atoms with van der Waals surface area (Å²) in [7, 11) is 0. The number of rotatable bonds is 4. The molecule has 1 unspecified atom stereocenters. The summed E-state index contributed by atoms with van der Waals surface area (Å²) in [6.45, 7) is 2.62. The number of hydrogen-bond donors (Lipinski definition) is 1. The normalized spacial score (nSPS) is 19.8. The van der Waals surface area contributed by atoms with E-state index in [1.54, 1.807) is 23.2 Å². The maximum absolute atomic E-state index is 12.7. The van der Waals surface area contributed by atoms with Crippen molar-refractivity contribution in [2.24, 2.45) is 0 Å². The van der Waals surface area contributed by atoms with Gasteiger partial charge in [0.25, 0.3) is 5.91 Å². The van der Waals surface area contributed by atoms with Crippen molar-refractivity contribution >= 4 is 23.3 Å². The standard InChI is InChI=1S/C19H22N4O3/c24-18(15-5-3-11-23(15)19(25)16-6-4-12-26-16)21-14-7-8-17(20-13-14)22-9-1-2-10-22/h4,6-8,12-13,15H,1-3,5,9-11H2,(H,21,24). The zero-order valence-electron chi connectivity index (χ0n) is 14.6. The van der Waals surface area contributed by atoms with Crippen LogP contribution in [0.4, 0.5) is 11.5 Å². The van der Waals surface area contributed by atoms with Crippen LogP contribution < -0.4 is 10.2 Å². The average Bonchev–Trinajstić information content (AvgIpc) is 3.44. The van der Waals surface area contributed by atoms with Crippen molar-refractivity contribution in [3.8, 4) is 0 Å². The molecule has 0 aromatic carbocycles. The number of carbonyl (C=O) groups excluding carboxylic acids is 2. The molecule has 2 aliphatic rings. The molecule has 136 valence electrons. The van der Waals surface area contributed by atoms with Gasteiger partial charge in [-0.3, -0.25) is 9.59 Å². The molecular weight excluding hydrogens is 332 g/mol. The second kappa shape index (κ2) is 7.19. The molecule has 4 rings (SSSR count). The lowest BCUT2D eigenvalue weighted by Gasteiger charge is -2.23. The Morgan fingerprint density at radius 2 is 1.96 bits per heavy atom. The summed E-state index contributed by atoms with van der Waals surface area (Å²) in [5.41, 5.74) is 0.648. The van der Waals surface area contributed by atoms with Crippen LogP contribution in [0.5, 0.6) is 0 Å². The minimum Gasteiger partial charge on any atom is -0.459 e. The molecular formula is C19H22N4O3. The highest BCUT2D eigenvalue weighted by atomic mass is 16.3. The fraction of sp³-hybridized carbons (Fsp3) is 0.421. The van der Waals surface area contributed by atoms with Gasteiger partial charge in [-0.25, -0.2) is 4.98 Å². The van der Waals surface area contributed by atoms with Gasteiger partial charge in [-0.2, -0.15) is 0 Å². The van der Waals surface area contributed by atoms with Gasteiger partial charge in [-0.15, -0.1) is 0 Å². The number of amides is 2. The Labute approximate surface area is 152 Å². The average molecular weight is 354 g/mol. The molecule has 7 nitrogen and oxygen atoms in total. The van der Waals surface area contributed by atoms with Gasteiger partial charge in [0, 0.05) is 19.6 Å². The number of likely N-dealkylation sites (tertiary alicyclic amines) is 1. The Balaban J connectivity index is 1.41. The second-order valence-corrected chi connectivity index (χ2v) is 6.72. The number of carbonyl (C=O) groups is 2. The first kappa shape index (κ1) is 16.6. The van der Waals surface area contributed by atoms with E-state index < -0.39 is 6.04 Å². The fourth-order valence-corrected chi connectivity index (χ4v) is 3.64. The summed E-state index contributed by atoms with van der Waals surface area (Å²) in [6.07, 6.45) is 6.99. The molecule has 2 saturated heterocycles. The quantitative estimate of drug-likeness (QED) is 0.913. The van der Waals surface area contributed by atoms with Gasteiger partial charge >= 0.3 is 0 Å². The maximum Gasteiger partial charge on any atom is 0.290 e. The minimum atomic E-state index is -0.481. The molecule has 4 heterocycles. The molecule has 0 spiro atoms. The number of aromatic nitrogens is 1. The lowest BCUT2D eigenvalue weighted by Crippen LogP contribution is -2.43. The minimum absolute atomic E-state index is 0.182. The van der Waals surface area contributed by atoms with Gasteiger partial charge in [0.1, 0.15) is 11.9 Å². The van der Waals surface area contributed by atoms with E-state index in [2.05, 4.69) is 15.2 Å². The SMILES string of the molecule is O=C(Nc1ccc(N2CCCC2)nc1)C1CCCN1C(=O)c1ccco1. The van der Waals surface area contributed by atoms with E-state index in [0.29, 0.717) is 18.7 Å². The lowest BCUT2D eigenvalue weighted by atomic mass is 10.2. The van der Waals surface area contributed by atoms with Gasteiger partial charge in [-0.1, -0.05) is 0 Å². The van der Waals surface area contributed by atoms with Gasteiger partial charge in [-0.05, 0) is 49.9 Å². The van der Waals surface area contributed by atoms with Crippen molar-refractivity contribution in [2.75, 3.05) is 29.9 Å². The number of nitrogens with zero attached hydrogens (tertiary/aromatic N) is 3. The van der Waals surface area contributed by atoms with Crippen LogP contribution in [0, 0.1) is 0 Å². The summed E-state index contributed by atoms with van der Waals surface area (Å²) in [5, 5.41) is 2.89. The zero-order chi connectivity index (χ0) is 17.9. The van der Waals surface area contributed by atoms with E-state index in [9.17, 15) is 9.59 Å². The van der Waals surface area contributed by atoms with Gasteiger partial charge < -0.3 is 19.5 Å². The highest BCUT2D eigenvalue weighted by molar-refractivity contribution is 6.00. The molecule has 2 amide bonds. The second-order valence-electron chi connectivity index (χ2n) is 6.72. The van der Waals surface area contributed by atoms with E-state index in [-0.39, 0.29) is 17.6 Å². The predicted molar refractivity (Wildman–Crippen MR) is 97.1 cm³/mol. The third-order valence-corrected chi connectivity index (χ3v) is 4.99. The first-order chi connectivity index (χ1) is 12.7. The number of nitrogens with one attached hydrogen (secondary N) is 1. The van der Waals surface area contributed by atoms with Crippen LogP contribution >= 0.6 is 0 Å². The molecule has 0 radical (unpaired) electrons. The molecule has 1 N–H and O–H groups in total. The monoisotopic (exact) mass is 354 g/mol. The summed E-state index contributed by atoms with van der Waals surface area (Å²) in [6, 6.07) is 6.61. The van der Waals surface area contributed by atoms with Crippen LogP contribution in [0.2, 0.25) is 0 Å². The van der Waals surface area contributed by atoms with Crippen molar-refractivity contribution in [1.82, 2.24) is 9.88 Å². The van der Waals surface area contributed by atoms with Crippen LogP contribution in [0.15, 0.2) is 41.1 Å². The first-order valence-electron chi connectivity index (χ1n) is 9.09. The molecule has 2 aromatic heterocycles. The van der Waals surface area contributed by atoms with Crippen molar-refractivity contribution in [3.05, 3.63) is 42.5 Å². The molecule has 0 bridgehead atoms. The third kappa shape index (κ3) is 3.29. The van der Waals surface area contributed by atoms with Gasteiger partial charge in [0.05, 0.1) is 18.1 Å². The van der Waals surface area contributed by atoms with Crippen molar-refractivity contribution in [2.45, 2.75) is 31.7 Å². The number of pyridine rings is 1. The first-order valence-corrected chi connectivity index (χ1v) is 9.09. The molecule has 26 heavy (non-hydrogen) atoms. The van der Waals surface area contributed by atoms with E-state index in [4.69, 9.17) is 4.42 Å². The molecule has 1 atom stereocenters. The summed E-state index contributed by atoms with van der Waals surface area (Å²) in [5.74, 6) is 0.783. The van der Waals surface area contributed by atoms with E-state index in [1.165, 1.54) is 19.1 Å². The molecule has 0 aliphatic carbocycles. The van der Waals surface area contributed by atoms with Crippen LogP contribution in [0.1, 0.15) is 36.2 Å². The summed E-state index contributed by atoms with van der Waals surface area (Å²) in [4.78, 5) is 33.4. The number of furan rings is 1. The molecule has 2 fully saturated rings. The largest absolute Gasteiger partial charge is 0.459 e. The van der Waals surface area contributed by atoms with E-state index in [1.807, 2.05) is 12.1 Å². The topological polar surface area (TPSA) is 78.7 Å². The Hall–Kier alpha value is -2.83. The molecule has 7 heteroatoms. The van der Waals surface area contributed by atoms with Crippen LogP contribution in [-0.2, 0) is 4.79 Å². The Morgan fingerprint density at radius 1 is 1.12 bits per heavy atom. The highest BCUT2D eigenvalue weighted by Gasteiger charge is 2.35. The van der Waals surface area contributed by atoms with Crippen LogP contribution in [0.25, 0.3) is 0 Å². The maximum atomic E-state index is 12.7. The summed E-state index contributed by atoms with van der Waals surface area (Å²) >= 11 is 0. The summed E-state index contributed by atoms with van der Waals surface area (Å²) < 4.78 is 5.18. The lowest BCUT2D eigenvalue weighted by molar-refractivity contribution is -0.119. The molecule has 2 aliphatic heterocycles. The van der Waals surface area contributed by atoms with Gasteiger partial charge in [0.15, 0.2) is 5.76 Å². The van der Waals surface area contributed by atoms with E-state index in [0.717, 1.165) is 25.3 Å². The molecule has 2 aromatic rings. The van der Waals surface area contributed by atoms with Gasteiger partial charge in [0.2, 0.25) is 5.91 Å². The molecule has 0 saturated carbocycles. The van der Waals surface area contributed by atoms with Crippen molar-refractivity contribution in [3.63, 3.8) is 0 Å². The van der Waals surface area contributed by atoms with Crippen LogP contribution in [0.3, 0.4) is 0 Å². The van der Waals surface area contributed by atoms with Crippen molar-refractivity contribution in [1.29, 1.82) is 0 Å². The predicted octanol–water partition coefficient (Wildman–Crippen LogP) is 2.52. The Morgan fingerprint density at radius 3 is 2.65 bits per heavy atom. The smallest absolute Gasteiger partial charge is 0.290 e. The zero-order valence-corrected chi connectivity index (χ0v) is 14.6. The fourth-order valence-electron chi connectivity index (χ4n) is 3.64.